The molecule has 2 aliphatic heterocycles. The molecule has 1 aliphatic carbocycles. The Morgan fingerprint density at radius 3 is 2.42 bits per heavy atom. The first-order chi connectivity index (χ1) is 20.2. The van der Waals surface area contributed by atoms with Crippen molar-refractivity contribution in [3.05, 3.63) is 76.4 Å². The Bertz CT molecular complexity index is 1640. The first-order valence-electron chi connectivity index (χ1n) is 14.0. The van der Waals surface area contributed by atoms with Crippen LogP contribution in [0.3, 0.4) is 0 Å². The molecule has 10 nitrogen and oxygen atoms in total. The Kier molecular flexibility index (Phi) is 6.55. The molecule has 0 radical (unpaired) electrons. The second-order valence-corrected chi connectivity index (χ2v) is 12.1. The zero-order valence-electron chi connectivity index (χ0n) is 24.0. The van der Waals surface area contributed by atoms with Crippen LogP contribution in [-0.2, 0) is 36.5 Å². The summed E-state index contributed by atoms with van der Waals surface area (Å²) in [5.41, 5.74) is -1.25. The Balaban J connectivity index is 1.36. The highest BCUT2D eigenvalue weighted by atomic mass is 19.4. The van der Waals surface area contributed by atoms with Crippen molar-refractivity contribution in [1.82, 2.24) is 24.6 Å². The average molecular weight is 597 g/mol. The standard InChI is InChI=1S/C30H31F3N6O4/c1-18(40)37-15-29(16-37,26-35-34-17-36(26)3)20-6-4-7-21(12-20)38-14-23-22(25(38)41)10-19(11-24(23)30(31,32)33)13-39(27(42)43)28(2)8-5-9-28/h4,6-7,10-12,17H,5,8-9,13-16H2,1-3H3,(H,42,43). The molecule has 1 saturated heterocycles. The number of hydrogen-bond donors (Lipinski definition) is 1. The predicted octanol–water partition coefficient (Wildman–Crippen LogP) is 4.57. The van der Waals surface area contributed by atoms with Gasteiger partial charge in [0.15, 0.2) is 0 Å². The fraction of sp³-hybridized carbons (Fsp3) is 0.433. The number of alkyl halides is 3. The van der Waals surface area contributed by atoms with Gasteiger partial charge in [-0.3, -0.25) is 14.5 Å². The lowest BCUT2D eigenvalue weighted by Gasteiger charge is -2.49. The maximum atomic E-state index is 14.4. The molecule has 43 heavy (non-hydrogen) atoms. The van der Waals surface area contributed by atoms with E-state index in [0.29, 0.717) is 37.4 Å². The minimum atomic E-state index is -4.75. The zero-order chi connectivity index (χ0) is 30.9. The highest BCUT2D eigenvalue weighted by Gasteiger charge is 2.50. The van der Waals surface area contributed by atoms with Crippen LogP contribution in [0.2, 0.25) is 0 Å². The molecule has 1 aromatic heterocycles. The Labute approximate surface area is 245 Å². The molecule has 2 fully saturated rings. The number of hydrogen-bond acceptors (Lipinski definition) is 5. The molecule has 0 unspecified atom stereocenters. The Morgan fingerprint density at radius 2 is 1.86 bits per heavy atom. The SMILES string of the molecule is CC(=O)N1CC(c2cccc(N3Cc4c(cc(CN(C(=O)O)C5(C)CCC5)cc4C(F)(F)F)C3=O)c2)(c2nncn2C)C1. The first-order valence-corrected chi connectivity index (χ1v) is 14.0. The first kappa shape index (κ1) is 28.7. The van der Waals surface area contributed by atoms with Crippen LogP contribution >= 0.6 is 0 Å². The van der Waals surface area contributed by atoms with Gasteiger partial charge in [-0.05, 0) is 67.1 Å². The van der Waals surface area contributed by atoms with Crippen LogP contribution in [0.15, 0.2) is 42.7 Å². The van der Waals surface area contributed by atoms with Crippen molar-refractivity contribution in [1.29, 1.82) is 0 Å². The number of carbonyl (C=O) groups excluding carboxylic acids is 2. The van der Waals surface area contributed by atoms with Gasteiger partial charge in [-0.15, -0.1) is 10.2 Å². The van der Waals surface area contributed by atoms with Crippen LogP contribution < -0.4 is 4.90 Å². The van der Waals surface area contributed by atoms with E-state index in [1.807, 2.05) is 6.07 Å². The number of nitrogens with zero attached hydrogens (tertiary/aromatic N) is 6. The molecular formula is C30H31F3N6O4. The number of benzene rings is 2. The van der Waals surface area contributed by atoms with E-state index in [9.17, 15) is 32.7 Å². The third-order valence-electron chi connectivity index (χ3n) is 9.28. The number of halogens is 3. The third-order valence-corrected chi connectivity index (χ3v) is 9.28. The van der Waals surface area contributed by atoms with E-state index in [1.54, 1.807) is 48.0 Å². The smallest absolute Gasteiger partial charge is 0.416 e. The summed E-state index contributed by atoms with van der Waals surface area (Å²) in [7, 11) is 1.80. The molecule has 226 valence electrons. The summed E-state index contributed by atoms with van der Waals surface area (Å²) in [5, 5.41) is 18.1. The molecule has 3 aromatic rings. The van der Waals surface area contributed by atoms with Crippen molar-refractivity contribution in [2.24, 2.45) is 7.05 Å². The molecule has 3 heterocycles. The largest absolute Gasteiger partial charge is 0.465 e. The molecule has 0 bridgehead atoms. The lowest BCUT2D eigenvalue weighted by Crippen LogP contribution is -2.62. The minimum absolute atomic E-state index is 0.0891. The molecule has 3 aliphatic rings. The molecule has 0 spiro atoms. The van der Waals surface area contributed by atoms with Gasteiger partial charge in [0, 0.05) is 50.4 Å². The molecule has 6 rings (SSSR count). The molecule has 3 amide bonds. The second-order valence-electron chi connectivity index (χ2n) is 12.1. The number of rotatable bonds is 6. The number of amides is 3. The summed E-state index contributed by atoms with van der Waals surface area (Å²) < 4.78 is 44.8. The maximum Gasteiger partial charge on any atom is 0.416 e. The molecular weight excluding hydrogens is 565 g/mol. The van der Waals surface area contributed by atoms with E-state index >= 15 is 0 Å². The summed E-state index contributed by atoms with van der Waals surface area (Å²) in [5.74, 6) is -0.0596. The van der Waals surface area contributed by atoms with E-state index in [2.05, 4.69) is 10.2 Å². The van der Waals surface area contributed by atoms with Gasteiger partial charge in [-0.25, -0.2) is 4.79 Å². The molecule has 1 N–H and O–H groups in total. The van der Waals surface area contributed by atoms with Crippen molar-refractivity contribution >= 4 is 23.6 Å². The van der Waals surface area contributed by atoms with Crippen molar-refractivity contribution in [3.8, 4) is 0 Å². The number of anilines is 1. The van der Waals surface area contributed by atoms with Crippen LogP contribution in [0.5, 0.6) is 0 Å². The molecule has 0 atom stereocenters. The maximum absolute atomic E-state index is 14.4. The van der Waals surface area contributed by atoms with Gasteiger partial charge in [-0.2, -0.15) is 13.2 Å². The van der Waals surface area contributed by atoms with Gasteiger partial charge in [0.25, 0.3) is 5.91 Å². The van der Waals surface area contributed by atoms with Crippen LogP contribution in [0.1, 0.15) is 71.5 Å². The zero-order valence-corrected chi connectivity index (χ0v) is 24.0. The van der Waals surface area contributed by atoms with Crippen molar-refractivity contribution in [2.75, 3.05) is 18.0 Å². The number of aryl methyl sites for hydroxylation is 1. The van der Waals surface area contributed by atoms with Gasteiger partial charge in [0.2, 0.25) is 5.91 Å². The van der Waals surface area contributed by atoms with E-state index in [0.717, 1.165) is 18.1 Å². The van der Waals surface area contributed by atoms with Gasteiger partial charge >= 0.3 is 12.3 Å². The summed E-state index contributed by atoms with van der Waals surface area (Å²) in [6.45, 7) is 3.40. The summed E-state index contributed by atoms with van der Waals surface area (Å²) in [4.78, 5) is 42.0. The lowest BCUT2D eigenvalue weighted by atomic mass is 9.72. The lowest BCUT2D eigenvalue weighted by molar-refractivity contribution is -0.138. The van der Waals surface area contributed by atoms with Crippen LogP contribution in [0, 0.1) is 0 Å². The van der Waals surface area contributed by atoms with Crippen molar-refractivity contribution in [2.45, 2.75) is 63.3 Å². The van der Waals surface area contributed by atoms with Crippen LogP contribution in [-0.4, -0.2) is 66.2 Å². The number of carbonyl (C=O) groups is 3. The van der Waals surface area contributed by atoms with Gasteiger partial charge in [0.1, 0.15) is 12.2 Å². The van der Waals surface area contributed by atoms with Crippen molar-refractivity contribution < 1.29 is 32.7 Å². The van der Waals surface area contributed by atoms with E-state index in [-0.39, 0.29) is 35.7 Å². The van der Waals surface area contributed by atoms with Crippen molar-refractivity contribution in [3.63, 3.8) is 0 Å². The highest BCUT2D eigenvalue weighted by Crippen LogP contribution is 2.44. The van der Waals surface area contributed by atoms with Gasteiger partial charge in [0.05, 0.1) is 17.5 Å². The summed E-state index contributed by atoms with van der Waals surface area (Å²) >= 11 is 0. The summed E-state index contributed by atoms with van der Waals surface area (Å²) in [6.07, 6.45) is -2.30. The van der Waals surface area contributed by atoms with E-state index in [4.69, 9.17) is 0 Å². The Hall–Kier alpha value is -4.42. The fourth-order valence-corrected chi connectivity index (χ4v) is 6.62. The third kappa shape index (κ3) is 4.61. The second kappa shape index (κ2) is 9.81. The number of likely N-dealkylation sites (tertiary alicyclic amines) is 1. The Morgan fingerprint density at radius 1 is 1.14 bits per heavy atom. The molecule has 13 heteroatoms. The summed E-state index contributed by atoms with van der Waals surface area (Å²) in [6, 6.07) is 9.37. The normalized spacial score (nSPS) is 18.6. The minimum Gasteiger partial charge on any atom is -0.465 e. The molecule has 1 saturated carbocycles. The quantitative estimate of drug-likeness (QED) is 0.447. The average Bonchev–Trinajstić information content (AvgIpc) is 3.47. The van der Waals surface area contributed by atoms with Gasteiger partial charge < -0.3 is 19.5 Å². The number of carboxylic acid groups (broad SMARTS) is 1. The molecule has 2 aromatic carbocycles. The number of aromatic nitrogens is 3. The monoisotopic (exact) mass is 596 g/mol. The number of fused-ring (bicyclic) bond motifs is 1. The van der Waals surface area contributed by atoms with E-state index in [1.165, 1.54) is 22.8 Å². The fourth-order valence-electron chi connectivity index (χ4n) is 6.62. The van der Waals surface area contributed by atoms with Crippen LogP contribution in [0.4, 0.5) is 23.7 Å². The van der Waals surface area contributed by atoms with Crippen LogP contribution in [0.25, 0.3) is 0 Å². The van der Waals surface area contributed by atoms with Gasteiger partial charge in [-0.1, -0.05) is 12.1 Å². The predicted molar refractivity (Wildman–Crippen MR) is 148 cm³/mol. The highest BCUT2D eigenvalue weighted by molar-refractivity contribution is 6.10. The van der Waals surface area contributed by atoms with E-state index < -0.39 is 34.7 Å². The topological polar surface area (TPSA) is 112 Å².